The van der Waals surface area contributed by atoms with Gasteiger partial charge in [-0.2, -0.15) is 0 Å². The zero-order chi connectivity index (χ0) is 13.5. The molecule has 0 aliphatic heterocycles. The molecule has 0 radical (unpaired) electrons. The fourth-order valence-electron chi connectivity index (χ4n) is 1.11. The van der Waals surface area contributed by atoms with Crippen molar-refractivity contribution < 1.29 is 19.1 Å². The van der Waals surface area contributed by atoms with E-state index >= 15 is 0 Å². The van der Waals surface area contributed by atoms with Gasteiger partial charge in [-0.3, -0.25) is 10.1 Å². The quantitative estimate of drug-likeness (QED) is 0.632. The second-order valence-electron chi connectivity index (χ2n) is 3.23. The van der Waals surface area contributed by atoms with E-state index in [-0.39, 0.29) is 5.75 Å². The number of thioether (sulfide) groups is 1. The molecule has 0 fully saturated rings. The molecule has 7 heteroatoms. The van der Waals surface area contributed by atoms with Crippen molar-refractivity contribution in [1.29, 1.82) is 0 Å². The van der Waals surface area contributed by atoms with Crippen LogP contribution in [-0.2, 0) is 9.53 Å². The van der Waals surface area contributed by atoms with Crippen LogP contribution in [0.25, 0.3) is 0 Å². The van der Waals surface area contributed by atoms with Crippen molar-refractivity contribution in [2.45, 2.75) is 4.90 Å². The molecule has 6 nitrogen and oxygen atoms in total. The monoisotopic (exact) mass is 270 g/mol. The van der Waals surface area contributed by atoms with Crippen molar-refractivity contribution in [3.63, 3.8) is 0 Å². The maximum atomic E-state index is 11.3. The van der Waals surface area contributed by atoms with Crippen LogP contribution in [0, 0.1) is 0 Å². The highest BCUT2D eigenvalue weighted by molar-refractivity contribution is 8.00. The first kappa shape index (κ1) is 14.2. The number of ether oxygens (including phenoxy) is 2. The molecule has 0 saturated heterocycles. The molecule has 1 rings (SSSR count). The SMILES string of the molecule is COC(=O)NC(=O)CSc1cc(OC)ccc1N. The molecule has 0 saturated carbocycles. The van der Waals surface area contributed by atoms with Crippen LogP contribution in [0.3, 0.4) is 0 Å². The van der Waals surface area contributed by atoms with Gasteiger partial charge in [0, 0.05) is 10.6 Å². The van der Waals surface area contributed by atoms with E-state index in [2.05, 4.69) is 10.1 Å². The maximum absolute atomic E-state index is 11.3. The van der Waals surface area contributed by atoms with Gasteiger partial charge in [0.25, 0.3) is 0 Å². The number of amides is 2. The molecular formula is C11H14N2O4S. The van der Waals surface area contributed by atoms with Gasteiger partial charge in [-0.05, 0) is 18.2 Å². The van der Waals surface area contributed by atoms with Gasteiger partial charge in [-0.15, -0.1) is 11.8 Å². The molecule has 3 N–H and O–H groups in total. The molecule has 2 amide bonds. The van der Waals surface area contributed by atoms with Crippen molar-refractivity contribution in [1.82, 2.24) is 5.32 Å². The van der Waals surface area contributed by atoms with Crippen molar-refractivity contribution >= 4 is 29.4 Å². The van der Waals surface area contributed by atoms with E-state index in [9.17, 15) is 9.59 Å². The third-order valence-corrected chi connectivity index (χ3v) is 3.08. The highest BCUT2D eigenvalue weighted by Gasteiger charge is 2.09. The summed E-state index contributed by atoms with van der Waals surface area (Å²) >= 11 is 1.21. The van der Waals surface area contributed by atoms with Crippen LogP contribution < -0.4 is 15.8 Å². The lowest BCUT2D eigenvalue weighted by Crippen LogP contribution is -2.31. The molecule has 0 aliphatic carbocycles. The summed E-state index contributed by atoms with van der Waals surface area (Å²) in [6, 6.07) is 5.15. The van der Waals surface area contributed by atoms with E-state index in [1.807, 2.05) is 0 Å². The molecule has 0 atom stereocenters. The lowest BCUT2D eigenvalue weighted by atomic mass is 10.3. The Hall–Kier alpha value is -1.89. The second kappa shape index (κ2) is 6.75. The molecular weight excluding hydrogens is 256 g/mol. The van der Waals surface area contributed by atoms with Gasteiger partial charge in [-0.1, -0.05) is 0 Å². The predicted molar refractivity (Wildman–Crippen MR) is 68.7 cm³/mol. The number of methoxy groups -OCH3 is 2. The molecule has 0 aliphatic rings. The topological polar surface area (TPSA) is 90.6 Å². The molecule has 0 bridgehead atoms. The van der Waals surface area contributed by atoms with Crippen molar-refractivity contribution in [3.05, 3.63) is 18.2 Å². The number of nitrogens with two attached hydrogens (primary N) is 1. The van der Waals surface area contributed by atoms with E-state index in [1.165, 1.54) is 18.9 Å². The third-order valence-electron chi connectivity index (χ3n) is 2.01. The Morgan fingerprint density at radius 3 is 2.72 bits per heavy atom. The summed E-state index contributed by atoms with van der Waals surface area (Å²) < 4.78 is 9.36. The molecule has 0 heterocycles. The van der Waals surface area contributed by atoms with Gasteiger partial charge in [-0.25, -0.2) is 4.79 Å². The Morgan fingerprint density at radius 1 is 1.39 bits per heavy atom. The smallest absolute Gasteiger partial charge is 0.413 e. The number of rotatable bonds is 4. The summed E-state index contributed by atoms with van der Waals surface area (Å²) in [6.45, 7) is 0. The number of hydrogen-bond donors (Lipinski definition) is 2. The fraction of sp³-hybridized carbons (Fsp3) is 0.273. The first-order valence-corrected chi connectivity index (χ1v) is 5.99. The first-order valence-electron chi connectivity index (χ1n) is 5.01. The van der Waals surface area contributed by atoms with Crippen LogP contribution >= 0.6 is 11.8 Å². The van der Waals surface area contributed by atoms with Crippen molar-refractivity contribution in [3.8, 4) is 5.75 Å². The number of imide groups is 1. The van der Waals surface area contributed by atoms with Gasteiger partial charge in [0.05, 0.1) is 20.0 Å². The number of alkyl carbamates (subject to hydrolysis) is 1. The standard InChI is InChI=1S/C11H14N2O4S/c1-16-7-3-4-8(12)9(5-7)18-6-10(14)13-11(15)17-2/h3-5H,6,12H2,1-2H3,(H,13,14,15). The van der Waals surface area contributed by atoms with Crippen LogP contribution in [0.5, 0.6) is 5.75 Å². The van der Waals surface area contributed by atoms with Crippen LogP contribution in [0.1, 0.15) is 0 Å². The van der Waals surface area contributed by atoms with E-state index < -0.39 is 12.0 Å². The average molecular weight is 270 g/mol. The second-order valence-corrected chi connectivity index (χ2v) is 4.25. The van der Waals surface area contributed by atoms with Crippen LogP contribution in [0.4, 0.5) is 10.5 Å². The fourth-order valence-corrected chi connectivity index (χ4v) is 1.90. The third kappa shape index (κ3) is 4.17. The zero-order valence-corrected chi connectivity index (χ0v) is 10.9. The molecule has 0 aromatic heterocycles. The first-order chi connectivity index (χ1) is 8.56. The summed E-state index contributed by atoms with van der Waals surface area (Å²) in [5.41, 5.74) is 6.31. The average Bonchev–Trinajstić information content (AvgIpc) is 2.37. The van der Waals surface area contributed by atoms with Crippen LogP contribution in [0.15, 0.2) is 23.1 Å². The Kier molecular flexibility index (Phi) is 5.31. The largest absolute Gasteiger partial charge is 0.497 e. The number of carbonyl (C=O) groups is 2. The van der Waals surface area contributed by atoms with Gasteiger partial charge in [0.15, 0.2) is 0 Å². The van der Waals surface area contributed by atoms with E-state index in [1.54, 1.807) is 25.3 Å². The van der Waals surface area contributed by atoms with Crippen molar-refractivity contribution in [2.24, 2.45) is 0 Å². The Labute approximate surface area is 109 Å². The van der Waals surface area contributed by atoms with Gasteiger partial charge >= 0.3 is 6.09 Å². The maximum Gasteiger partial charge on any atom is 0.413 e. The predicted octanol–water partition coefficient (Wildman–Crippen LogP) is 1.25. The Bertz CT molecular complexity index is 451. The minimum atomic E-state index is -0.779. The number of nitrogens with one attached hydrogen (secondary N) is 1. The lowest BCUT2D eigenvalue weighted by molar-refractivity contribution is -0.117. The molecule has 0 spiro atoms. The normalized spacial score (nSPS) is 9.67. The molecule has 18 heavy (non-hydrogen) atoms. The Balaban J connectivity index is 2.57. The van der Waals surface area contributed by atoms with Crippen molar-refractivity contribution in [2.75, 3.05) is 25.7 Å². The summed E-state index contributed by atoms with van der Waals surface area (Å²) in [7, 11) is 2.74. The minimum Gasteiger partial charge on any atom is -0.497 e. The number of nitrogen functional groups attached to an aromatic ring is 1. The number of benzene rings is 1. The zero-order valence-electron chi connectivity index (χ0n) is 10.1. The lowest BCUT2D eigenvalue weighted by Gasteiger charge is -2.07. The molecule has 1 aromatic carbocycles. The summed E-state index contributed by atoms with van der Waals surface area (Å²) in [4.78, 5) is 22.9. The van der Waals surface area contributed by atoms with Crippen LogP contribution in [-0.4, -0.2) is 32.0 Å². The summed E-state index contributed by atoms with van der Waals surface area (Å²) in [6.07, 6.45) is -0.779. The molecule has 1 aromatic rings. The van der Waals surface area contributed by atoms with Gasteiger partial charge < -0.3 is 15.2 Å². The number of hydrogen-bond acceptors (Lipinski definition) is 6. The van der Waals surface area contributed by atoms with E-state index in [0.29, 0.717) is 11.4 Å². The van der Waals surface area contributed by atoms with E-state index in [4.69, 9.17) is 10.5 Å². The highest BCUT2D eigenvalue weighted by atomic mass is 32.2. The Morgan fingerprint density at radius 2 is 2.11 bits per heavy atom. The number of anilines is 1. The summed E-state index contributed by atoms with van der Waals surface area (Å²) in [5, 5.41) is 2.05. The number of carbonyl (C=O) groups excluding carboxylic acids is 2. The minimum absolute atomic E-state index is 0.0620. The van der Waals surface area contributed by atoms with Gasteiger partial charge in [0.1, 0.15) is 5.75 Å². The van der Waals surface area contributed by atoms with Gasteiger partial charge in [0.2, 0.25) is 5.91 Å². The van der Waals surface area contributed by atoms with E-state index in [0.717, 1.165) is 4.90 Å². The summed E-state index contributed by atoms with van der Waals surface area (Å²) in [5.74, 6) is 0.265. The highest BCUT2D eigenvalue weighted by Crippen LogP contribution is 2.28. The van der Waals surface area contributed by atoms with Crippen LogP contribution in [0.2, 0.25) is 0 Å². The molecule has 98 valence electrons. The molecule has 0 unspecified atom stereocenters.